The zero-order chi connectivity index (χ0) is 12.3. The van der Waals surface area contributed by atoms with Gasteiger partial charge in [-0.15, -0.1) is 0 Å². The van der Waals surface area contributed by atoms with E-state index in [1.807, 2.05) is 6.07 Å². The minimum absolute atomic E-state index is 0.0234. The highest BCUT2D eigenvalue weighted by Gasteiger charge is 2.22. The number of halogens is 2. The van der Waals surface area contributed by atoms with Gasteiger partial charge in [0.25, 0.3) is 0 Å². The minimum atomic E-state index is -0.0706. The third-order valence-corrected chi connectivity index (χ3v) is 3.54. The predicted molar refractivity (Wildman–Crippen MR) is 71.3 cm³/mol. The van der Waals surface area contributed by atoms with Crippen LogP contribution < -0.4 is 5.32 Å². The van der Waals surface area contributed by atoms with Crippen molar-refractivity contribution in [2.75, 3.05) is 18.5 Å². The molecule has 92 valence electrons. The number of rotatable bonds is 2. The van der Waals surface area contributed by atoms with Crippen molar-refractivity contribution in [1.82, 2.24) is 0 Å². The Morgan fingerprint density at radius 1 is 1.53 bits per heavy atom. The number of benzene rings is 1. The molecule has 0 radical (unpaired) electrons. The molecule has 1 heterocycles. The molecule has 2 rings (SSSR count). The van der Waals surface area contributed by atoms with Gasteiger partial charge in [-0.25, -0.2) is 0 Å². The fourth-order valence-electron chi connectivity index (χ4n) is 1.78. The topological polar surface area (TPSA) is 38.3 Å². The summed E-state index contributed by atoms with van der Waals surface area (Å²) in [5.41, 5.74) is 0.636. The van der Waals surface area contributed by atoms with Crippen molar-refractivity contribution in [1.29, 1.82) is 0 Å². The number of hydrogen-bond donors (Lipinski definition) is 1. The molecule has 3 nitrogen and oxygen atoms in total. The maximum absolute atomic E-state index is 12.0. The monoisotopic (exact) mass is 317 g/mol. The van der Waals surface area contributed by atoms with E-state index in [9.17, 15) is 4.79 Å². The van der Waals surface area contributed by atoms with Gasteiger partial charge >= 0.3 is 0 Å². The largest absolute Gasteiger partial charge is 0.381 e. The summed E-state index contributed by atoms with van der Waals surface area (Å²) in [5.74, 6) is -0.0940. The third-order valence-electron chi connectivity index (χ3n) is 2.72. The molecule has 1 unspecified atom stereocenters. The summed E-state index contributed by atoms with van der Waals surface area (Å²) in [6.45, 7) is 1.25. The Hall–Kier alpha value is -0.580. The van der Waals surface area contributed by atoms with E-state index in [1.54, 1.807) is 12.1 Å². The van der Waals surface area contributed by atoms with Crippen LogP contribution in [-0.2, 0) is 9.53 Å². The summed E-state index contributed by atoms with van der Waals surface area (Å²) in [6, 6.07) is 5.38. The van der Waals surface area contributed by atoms with Gasteiger partial charge in [-0.1, -0.05) is 27.5 Å². The van der Waals surface area contributed by atoms with Crippen LogP contribution in [0, 0.1) is 5.92 Å². The molecule has 1 aliphatic heterocycles. The normalized spacial score (nSPS) is 20.0. The van der Waals surface area contributed by atoms with Crippen molar-refractivity contribution in [2.24, 2.45) is 5.92 Å². The van der Waals surface area contributed by atoms with E-state index in [0.29, 0.717) is 17.3 Å². The average molecular weight is 319 g/mol. The number of carbonyl (C=O) groups excluding carboxylic acids is 1. The van der Waals surface area contributed by atoms with Gasteiger partial charge in [0.1, 0.15) is 0 Å². The van der Waals surface area contributed by atoms with Crippen LogP contribution in [0.5, 0.6) is 0 Å². The Bertz CT molecular complexity index is 419. The van der Waals surface area contributed by atoms with Crippen LogP contribution in [-0.4, -0.2) is 19.1 Å². The summed E-state index contributed by atoms with van der Waals surface area (Å²) < 4.78 is 6.18. The number of amides is 1. The zero-order valence-corrected chi connectivity index (χ0v) is 11.6. The highest BCUT2D eigenvalue weighted by molar-refractivity contribution is 9.10. The maximum Gasteiger partial charge on any atom is 0.229 e. The van der Waals surface area contributed by atoms with Gasteiger partial charge in [-0.3, -0.25) is 4.79 Å². The van der Waals surface area contributed by atoms with Gasteiger partial charge in [0.15, 0.2) is 0 Å². The number of carbonyl (C=O) groups is 1. The van der Waals surface area contributed by atoms with E-state index in [1.165, 1.54) is 0 Å². The molecular formula is C12H13BrClNO2. The van der Waals surface area contributed by atoms with Crippen molar-refractivity contribution in [3.63, 3.8) is 0 Å². The molecule has 0 aromatic heterocycles. The van der Waals surface area contributed by atoms with Crippen LogP contribution in [0.2, 0.25) is 5.02 Å². The summed E-state index contributed by atoms with van der Waals surface area (Å²) in [4.78, 5) is 12.0. The van der Waals surface area contributed by atoms with Gasteiger partial charge in [0.05, 0.1) is 23.2 Å². The molecule has 1 aliphatic rings. The molecule has 0 saturated carbocycles. The van der Waals surface area contributed by atoms with E-state index in [0.717, 1.165) is 23.9 Å². The number of anilines is 1. The Morgan fingerprint density at radius 3 is 3.06 bits per heavy atom. The molecule has 1 amide bonds. The second-order valence-electron chi connectivity index (χ2n) is 4.03. The first kappa shape index (κ1) is 12.9. The summed E-state index contributed by atoms with van der Waals surface area (Å²) in [5, 5.41) is 3.38. The summed E-state index contributed by atoms with van der Waals surface area (Å²) in [6.07, 6.45) is 1.81. The van der Waals surface area contributed by atoms with Gasteiger partial charge in [0.2, 0.25) is 5.91 Å². The quantitative estimate of drug-likeness (QED) is 0.907. The van der Waals surface area contributed by atoms with Crippen molar-refractivity contribution < 1.29 is 9.53 Å². The van der Waals surface area contributed by atoms with E-state index >= 15 is 0 Å². The van der Waals surface area contributed by atoms with Gasteiger partial charge in [0, 0.05) is 11.1 Å². The van der Waals surface area contributed by atoms with Crippen molar-refractivity contribution in [3.8, 4) is 0 Å². The lowest BCUT2D eigenvalue weighted by Gasteiger charge is -2.21. The summed E-state index contributed by atoms with van der Waals surface area (Å²) in [7, 11) is 0. The van der Waals surface area contributed by atoms with Gasteiger partial charge in [-0.05, 0) is 31.0 Å². The molecule has 0 spiro atoms. The standard InChI is InChI=1S/C12H13BrClNO2/c13-9-3-4-10(14)11(6-9)15-12(16)8-2-1-5-17-7-8/h3-4,6,8H,1-2,5,7H2,(H,15,16). The highest BCUT2D eigenvalue weighted by atomic mass is 79.9. The van der Waals surface area contributed by atoms with Crippen molar-refractivity contribution in [2.45, 2.75) is 12.8 Å². The molecule has 1 N–H and O–H groups in total. The molecule has 1 fully saturated rings. The molecule has 0 aliphatic carbocycles. The molecule has 1 aromatic carbocycles. The van der Waals surface area contributed by atoms with E-state index in [4.69, 9.17) is 16.3 Å². The molecule has 0 bridgehead atoms. The average Bonchev–Trinajstić information content (AvgIpc) is 2.35. The van der Waals surface area contributed by atoms with Crippen molar-refractivity contribution >= 4 is 39.1 Å². The maximum atomic E-state index is 12.0. The first-order chi connectivity index (χ1) is 8.16. The van der Waals surface area contributed by atoms with Gasteiger partial charge in [-0.2, -0.15) is 0 Å². The second kappa shape index (κ2) is 5.85. The lowest BCUT2D eigenvalue weighted by atomic mass is 10.0. The predicted octanol–water partition coefficient (Wildman–Crippen LogP) is 3.47. The van der Waals surface area contributed by atoms with Crippen LogP contribution in [0.3, 0.4) is 0 Å². The Morgan fingerprint density at radius 2 is 2.35 bits per heavy atom. The fourth-order valence-corrected chi connectivity index (χ4v) is 2.30. The van der Waals surface area contributed by atoms with Crippen LogP contribution in [0.1, 0.15) is 12.8 Å². The van der Waals surface area contributed by atoms with Crippen molar-refractivity contribution in [3.05, 3.63) is 27.7 Å². The van der Waals surface area contributed by atoms with E-state index in [-0.39, 0.29) is 11.8 Å². The third kappa shape index (κ3) is 3.44. The number of ether oxygens (including phenoxy) is 1. The molecule has 1 aromatic rings. The lowest BCUT2D eigenvalue weighted by Crippen LogP contribution is -2.30. The minimum Gasteiger partial charge on any atom is -0.381 e. The Kier molecular flexibility index (Phi) is 4.42. The fraction of sp³-hybridized carbons (Fsp3) is 0.417. The second-order valence-corrected chi connectivity index (χ2v) is 5.35. The molecule has 17 heavy (non-hydrogen) atoms. The Balaban J connectivity index is 2.04. The number of hydrogen-bond acceptors (Lipinski definition) is 2. The SMILES string of the molecule is O=C(Nc1cc(Br)ccc1Cl)C1CCCOC1. The Labute approximate surface area is 114 Å². The molecular weight excluding hydrogens is 305 g/mol. The highest BCUT2D eigenvalue weighted by Crippen LogP contribution is 2.26. The van der Waals surface area contributed by atoms with Gasteiger partial charge < -0.3 is 10.1 Å². The molecule has 5 heteroatoms. The zero-order valence-electron chi connectivity index (χ0n) is 9.21. The molecule has 1 saturated heterocycles. The van der Waals surface area contributed by atoms with Crippen LogP contribution in [0.15, 0.2) is 22.7 Å². The lowest BCUT2D eigenvalue weighted by molar-refractivity contribution is -0.123. The van der Waals surface area contributed by atoms with Crippen LogP contribution >= 0.6 is 27.5 Å². The smallest absolute Gasteiger partial charge is 0.229 e. The van der Waals surface area contributed by atoms with E-state index in [2.05, 4.69) is 21.2 Å². The molecule has 1 atom stereocenters. The van der Waals surface area contributed by atoms with Crippen LogP contribution in [0.25, 0.3) is 0 Å². The summed E-state index contributed by atoms with van der Waals surface area (Å²) >= 11 is 9.36. The first-order valence-corrected chi connectivity index (χ1v) is 6.67. The van der Waals surface area contributed by atoms with E-state index < -0.39 is 0 Å². The first-order valence-electron chi connectivity index (χ1n) is 5.50. The number of nitrogens with one attached hydrogen (secondary N) is 1. The van der Waals surface area contributed by atoms with Crippen LogP contribution in [0.4, 0.5) is 5.69 Å².